The van der Waals surface area contributed by atoms with Gasteiger partial charge in [-0.15, -0.1) is 5.10 Å². The van der Waals surface area contributed by atoms with Gasteiger partial charge < -0.3 is 5.32 Å². The summed E-state index contributed by atoms with van der Waals surface area (Å²) >= 11 is 0. The number of para-hydroxylation sites is 1. The summed E-state index contributed by atoms with van der Waals surface area (Å²) < 4.78 is 1.61. The van der Waals surface area contributed by atoms with E-state index in [-0.39, 0.29) is 5.91 Å². The van der Waals surface area contributed by atoms with E-state index in [1.165, 1.54) is 24.0 Å². The summed E-state index contributed by atoms with van der Waals surface area (Å²) in [6, 6.07) is 15.7. The van der Waals surface area contributed by atoms with Crippen molar-refractivity contribution in [1.29, 1.82) is 0 Å². The fourth-order valence-corrected chi connectivity index (χ4v) is 3.16. The van der Waals surface area contributed by atoms with Crippen molar-refractivity contribution in [2.75, 3.05) is 5.32 Å². The highest BCUT2D eigenvalue weighted by Gasteiger charge is 2.17. The van der Waals surface area contributed by atoms with Crippen molar-refractivity contribution in [1.82, 2.24) is 15.0 Å². The molecule has 0 fully saturated rings. The molecule has 3 aromatic rings. The van der Waals surface area contributed by atoms with Gasteiger partial charge in [-0.05, 0) is 55.0 Å². The van der Waals surface area contributed by atoms with Crippen LogP contribution in [0.3, 0.4) is 0 Å². The highest BCUT2D eigenvalue weighted by molar-refractivity contribution is 6.03. The minimum absolute atomic E-state index is 0.226. The lowest BCUT2D eigenvalue weighted by molar-refractivity contribution is 0.102. The van der Waals surface area contributed by atoms with Crippen LogP contribution in [0.4, 0.5) is 5.69 Å². The second-order valence-electron chi connectivity index (χ2n) is 5.99. The van der Waals surface area contributed by atoms with Crippen molar-refractivity contribution in [2.24, 2.45) is 0 Å². The molecule has 0 saturated heterocycles. The van der Waals surface area contributed by atoms with E-state index in [4.69, 9.17) is 0 Å². The Morgan fingerprint density at radius 1 is 1.00 bits per heavy atom. The monoisotopic (exact) mass is 318 g/mol. The van der Waals surface area contributed by atoms with E-state index in [9.17, 15) is 4.79 Å². The van der Waals surface area contributed by atoms with Gasteiger partial charge in [-0.2, -0.15) is 0 Å². The molecule has 1 aromatic heterocycles. The summed E-state index contributed by atoms with van der Waals surface area (Å²) in [5.74, 6) is -0.226. The average molecular weight is 318 g/mol. The zero-order valence-electron chi connectivity index (χ0n) is 13.3. The number of carbonyl (C=O) groups is 1. The zero-order valence-corrected chi connectivity index (χ0v) is 13.3. The van der Waals surface area contributed by atoms with Crippen molar-refractivity contribution in [3.05, 3.63) is 71.5 Å². The van der Waals surface area contributed by atoms with Gasteiger partial charge in [-0.1, -0.05) is 35.5 Å². The summed E-state index contributed by atoms with van der Waals surface area (Å²) in [6.45, 7) is 0. The third-order valence-electron chi connectivity index (χ3n) is 4.39. The van der Waals surface area contributed by atoms with Crippen LogP contribution in [0, 0.1) is 0 Å². The smallest absolute Gasteiger partial charge is 0.277 e. The Labute approximate surface area is 140 Å². The molecule has 24 heavy (non-hydrogen) atoms. The number of nitrogens with zero attached hydrogens (tertiary/aromatic N) is 3. The molecule has 0 bridgehead atoms. The molecule has 1 amide bonds. The third kappa shape index (κ3) is 2.80. The van der Waals surface area contributed by atoms with E-state index in [1.54, 1.807) is 10.9 Å². The lowest BCUT2D eigenvalue weighted by atomic mass is 9.90. The lowest BCUT2D eigenvalue weighted by Crippen LogP contribution is -2.15. The second kappa shape index (κ2) is 6.28. The Morgan fingerprint density at radius 3 is 2.71 bits per heavy atom. The van der Waals surface area contributed by atoms with Crippen LogP contribution in [-0.4, -0.2) is 20.9 Å². The van der Waals surface area contributed by atoms with E-state index >= 15 is 0 Å². The van der Waals surface area contributed by atoms with Crippen LogP contribution >= 0.6 is 0 Å². The van der Waals surface area contributed by atoms with Crippen LogP contribution in [0.15, 0.2) is 54.7 Å². The molecule has 2 aromatic carbocycles. The number of fused-ring (bicyclic) bond motifs is 1. The highest BCUT2D eigenvalue weighted by atomic mass is 16.2. The molecule has 5 heteroatoms. The highest BCUT2D eigenvalue weighted by Crippen LogP contribution is 2.28. The summed E-state index contributed by atoms with van der Waals surface area (Å²) in [5, 5.41) is 11.0. The Bertz CT molecular complexity index is 870. The normalized spacial score (nSPS) is 13.3. The van der Waals surface area contributed by atoms with Crippen molar-refractivity contribution < 1.29 is 4.79 Å². The first-order valence-electron chi connectivity index (χ1n) is 8.21. The van der Waals surface area contributed by atoms with Crippen molar-refractivity contribution in [2.45, 2.75) is 25.7 Å². The fraction of sp³-hybridized carbons (Fsp3) is 0.211. The van der Waals surface area contributed by atoms with Crippen LogP contribution in [0.5, 0.6) is 0 Å². The molecule has 5 nitrogen and oxygen atoms in total. The van der Waals surface area contributed by atoms with Gasteiger partial charge in [0.25, 0.3) is 5.91 Å². The Balaban J connectivity index is 1.56. The van der Waals surface area contributed by atoms with Crippen LogP contribution in [0.2, 0.25) is 0 Å². The van der Waals surface area contributed by atoms with Crippen LogP contribution in [0.25, 0.3) is 5.69 Å². The maximum atomic E-state index is 12.5. The maximum absolute atomic E-state index is 12.5. The number of benzene rings is 2. The van der Waals surface area contributed by atoms with Gasteiger partial charge in [-0.25, -0.2) is 4.68 Å². The Kier molecular flexibility index (Phi) is 3.83. The number of anilines is 1. The molecule has 0 spiro atoms. The number of aryl methyl sites for hydroxylation is 1. The van der Waals surface area contributed by atoms with Crippen LogP contribution < -0.4 is 5.32 Å². The third-order valence-corrected chi connectivity index (χ3v) is 4.39. The second-order valence-corrected chi connectivity index (χ2v) is 5.99. The molecular formula is C19H18N4O. The van der Waals surface area contributed by atoms with Gasteiger partial charge in [0.05, 0.1) is 11.9 Å². The first-order valence-corrected chi connectivity index (χ1v) is 8.21. The van der Waals surface area contributed by atoms with Crippen LogP contribution in [0.1, 0.15) is 34.5 Å². The molecule has 4 rings (SSSR count). The van der Waals surface area contributed by atoms with Gasteiger partial charge in [0.1, 0.15) is 0 Å². The predicted octanol–water partition coefficient (Wildman–Crippen LogP) is 3.40. The molecule has 0 aliphatic heterocycles. The first kappa shape index (κ1) is 14.6. The SMILES string of the molecule is O=C(Nc1cccc2c1CCCC2)c1cn(-c2ccccc2)nn1. The summed E-state index contributed by atoms with van der Waals surface area (Å²) in [4.78, 5) is 12.5. The predicted molar refractivity (Wildman–Crippen MR) is 92.4 cm³/mol. The summed E-state index contributed by atoms with van der Waals surface area (Å²) in [6.07, 6.45) is 6.14. The number of amides is 1. The standard InChI is InChI=1S/C19H18N4O/c24-19(18-13-23(22-21-18)15-9-2-1-3-10-15)20-17-12-6-8-14-7-4-5-11-16(14)17/h1-3,6,8-10,12-13H,4-5,7,11H2,(H,20,24). The zero-order chi connectivity index (χ0) is 16.4. The quantitative estimate of drug-likeness (QED) is 0.805. The molecule has 1 aliphatic rings. The summed E-state index contributed by atoms with van der Waals surface area (Å²) in [5.41, 5.74) is 4.68. The largest absolute Gasteiger partial charge is 0.320 e. The van der Waals surface area contributed by atoms with E-state index in [1.807, 2.05) is 42.5 Å². The van der Waals surface area contributed by atoms with E-state index in [0.717, 1.165) is 24.2 Å². The molecule has 0 radical (unpaired) electrons. The lowest BCUT2D eigenvalue weighted by Gasteiger charge is -2.19. The molecule has 1 heterocycles. The molecule has 0 saturated carbocycles. The Hall–Kier alpha value is -2.95. The van der Waals surface area contributed by atoms with Crippen LogP contribution in [-0.2, 0) is 12.8 Å². The fourth-order valence-electron chi connectivity index (χ4n) is 3.16. The summed E-state index contributed by atoms with van der Waals surface area (Å²) in [7, 11) is 0. The number of nitrogens with one attached hydrogen (secondary N) is 1. The van der Waals surface area contributed by atoms with E-state index in [2.05, 4.69) is 21.7 Å². The Morgan fingerprint density at radius 2 is 1.83 bits per heavy atom. The minimum atomic E-state index is -0.226. The van der Waals surface area contributed by atoms with Crippen molar-refractivity contribution in [3.63, 3.8) is 0 Å². The van der Waals surface area contributed by atoms with Gasteiger partial charge in [0, 0.05) is 5.69 Å². The van der Waals surface area contributed by atoms with E-state index < -0.39 is 0 Å². The molecule has 1 aliphatic carbocycles. The number of rotatable bonds is 3. The minimum Gasteiger partial charge on any atom is -0.320 e. The average Bonchev–Trinajstić information content (AvgIpc) is 3.13. The van der Waals surface area contributed by atoms with E-state index in [0.29, 0.717) is 5.69 Å². The first-order chi connectivity index (χ1) is 11.8. The molecular weight excluding hydrogens is 300 g/mol. The van der Waals surface area contributed by atoms with Gasteiger partial charge in [-0.3, -0.25) is 4.79 Å². The topological polar surface area (TPSA) is 59.8 Å². The van der Waals surface area contributed by atoms with Gasteiger partial charge in [0.2, 0.25) is 0 Å². The molecule has 120 valence electrons. The number of aromatic nitrogens is 3. The van der Waals surface area contributed by atoms with Gasteiger partial charge >= 0.3 is 0 Å². The van der Waals surface area contributed by atoms with Crippen molar-refractivity contribution in [3.8, 4) is 5.69 Å². The molecule has 1 N–H and O–H groups in total. The number of carbonyl (C=O) groups excluding carboxylic acids is 1. The number of hydrogen-bond acceptors (Lipinski definition) is 3. The molecule has 0 atom stereocenters. The number of hydrogen-bond donors (Lipinski definition) is 1. The van der Waals surface area contributed by atoms with Crippen molar-refractivity contribution >= 4 is 11.6 Å². The molecule has 0 unspecified atom stereocenters. The maximum Gasteiger partial charge on any atom is 0.277 e. The van der Waals surface area contributed by atoms with Gasteiger partial charge in [0.15, 0.2) is 5.69 Å².